The van der Waals surface area contributed by atoms with Gasteiger partial charge in [-0.2, -0.15) is 0 Å². The van der Waals surface area contributed by atoms with Gasteiger partial charge in [0.2, 0.25) is 0 Å². The fourth-order valence-electron chi connectivity index (χ4n) is 3.72. The van der Waals surface area contributed by atoms with E-state index in [1.54, 1.807) is 0 Å². The molecule has 1 aromatic carbocycles. The first-order chi connectivity index (χ1) is 9.17. The summed E-state index contributed by atoms with van der Waals surface area (Å²) in [7, 11) is 0. The van der Waals surface area contributed by atoms with Crippen LogP contribution >= 0.6 is 0 Å². The first kappa shape index (κ1) is 12.9. The summed E-state index contributed by atoms with van der Waals surface area (Å²) < 4.78 is 13.3. The van der Waals surface area contributed by atoms with E-state index in [9.17, 15) is 9.50 Å². The van der Waals surface area contributed by atoms with E-state index < -0.39 is 5.82 Å². The number of aromatic hydroxyl groups is 1. The van der Waals surface area contributed by atoms with Gasteiger partial charge in [0, 0.05) is 6.54 Å². The normalized spacial score (nSPS) is 23.0. The zero-order chi connectivity index (χ0) is 13.3. The Hall–Kier alpha value is -1.09. The van der Waals surface area contributed by atoms with E-state index in [2.05, 4.69) is 4.90 Å². The molecule has 0 radical (unpaired) electrons. The van der Waals surface area contributed by atoms with Crippen LogP contribution in [0.1, 0.15) is 44.1 Å². The van der Waals surface area contributed by atoms with Crippen LogP contribution in [0, 0.1) is 11.2 Å². The van der Waals surface area contributed by atoms with Crippen molar-refractivity contribution in [3.05, 3.63) is 29.6 Å². The Bertz CT molecular complexity index is 444. The van der Waals surface area contributed by atoms with Crippen molar-refractivity contribution in [2.75, 3.05) is 13.1 Å². The summed E-state index contributed by atoms with van der Waals surface area (Å²) in [6.45, 7) is 3.05. The molecule has 2 nitrogen and oxygen atoms in total. The molecule has 0 bridgehead atoms. The van der Waals surface area contributed by atoms with E-state index >= 15 is 0 Å². The second kappa shape index (κ2) is 5.12. The number of rotatable bonds is 2. The smallest absolute Gasteiger partial charge is 0.165 e. The number of likely N-dealkylation sites (tertiary alicyclic amines) is 1. The highest BCUT2D eigenvalue weighted by molar-refractivity contribution is 5.28. The number of hydrogen-bond acceptors (Lipinski definition) is 2. The Morgan fingerprint density at radius 1 is 1.11 bits per heavy atom. The lowest BCUT2D eigenvalue weighted by molar-refractivity contribution is 0.103. The van der Waals surface area contributed by atoms with E-state index in [-0.39, 0.29) is 5.75 Å². The number of piperidine rings is 1. The standard InChI is InChI=1S/C16H22FNO/c17-14-11-13(3-4-15(14)19)12-18-9-7-16(8-10-18)5-1-2-6-16/h3-4,11,19H,1-2,5-10,12H2. The molecule has 1 saturated heterocycles. The quantitative estimate of drug-likeness (QED) is 0.879. The Kier molecular flexibility index (Phi) is 3.48. The van der Waals surface area contributed by atoms with Crippen LogP contribution < -0.4 is 0 Å². The summed E-state index contributed by atoms with van der Waals surface area (Å²) >= 11 is 0. The van der Waals surface area contributed by atoms with Gasteiger partial charge in [0.1, 0.15) is 0 Å². The molecule has 1 saturated carbocycles. The van der Waals surface area contributed by atoms with Crippen molar-refractivity contribution in [3.63, 3.8) is 0 Å². The summed E-state index contributed by atoms with van der Waals surface area (Å²) in [5.41, 5.74) is 1.59. The highest BCUT2D eigenvalue weighted by atomic mass is 19.1. The topological polar surface area (TPSA) is 23.5 Å². The van der Waals surface area contributed by atoms with Gasteiger partial charge < -0.3 is 5.11 Å². The highest BCUT2D eigenvalue weighted by Crippen LogP contribution is 2.46. The first-order valence-electron chi connectivity index (χ1n) is 7.37. The summed E-state index contributed by atoms with van der Waals surface area (Å²) in [5, 5.41) is 9.20. The first-order valence-corrected chi connectivity index (χ1v) is 7.37. The Morgan fingerprint density at radius 2 is 1.79 bits per heavy atom. The Labute approximate surface area is 114 Å². The van der Waals surface area contributed by atoms with Gasteiger partial charge in [-0.3, -0.25) is 4.90 Å². The van der Waals surface area contributed by atoms with Crippen molar-refractivity contribution in [2.45, 2.75) is 45.1 Å². The number of phenolic OH excluding ortho intramolecular Hbond substituents is 1. The van der Waals surface area contributed by atoms with Crippen LogP contribution in [0.3, 0.4) is 0 Å². The molecule has 1 aromatic rings. The molecule has 0 amide bonds. The maximum absolute atomic E-state index is 13.3. The molecule has 2 aliphatic rings. The van der Waals surface area contributed by atoms with Crippen LogP contribution in [0.4, 0.5) is 4.39 Å². The number of hydrogen-bond donors (Lipinski definition) is 1. The maximum Gasteiger partial charge on any atom is 0.165 e. The summed E-state index contributed by atoms with van der Waals surface area (Å²) in [4.78, 5) is 2.41. The van der Waals surface area contributed by atoms with Crippen LogP contribution in [-0.4, -0.2) is 23.1 Å². The molecular weight excluding hydrogens is 241 g/mol. The zero-order valence-electron chi connectivity index (χ0n) is 11.4. The molecule has 0 unspecified atom stereocenters. The van der Waals surface area contributed by atoms with E-state index in [0.717, 1.165) is 25.2 Å². The molecule has 1 heterocycles. The molecule has 19 heavy (non-hydrogen) atoms. The predicted molar refractivity (Wildman–Crippen MR) is 73.5 cm³/mol. The van der Waals surface area contributed by atoms with Crippen molar-refractivity contribution in [3.8, 4) is 5.75 Å². The largest absolute Gasteiger partial charge is 0.505 e. The lowest BCUT2D eigenvalue weighted by atomic mass is 9.77. The molecule has 104 valence electrons. The lowest BCUT2D eigenvalue weighted by Gasteiger charge is -2.39. The Balaban J connectivity index is 1.58. The number of halogens is 1. The van der Waals surface area contributed by atoms with Crippen molar-refractivity contribution >= 4 is 0 Å². The van der Waals surface area contributed by atoms with Crippen LogP contribution in [0.15, 0.2) is 18.2 Å². The molecule has 2 fully saturated rings. The summed E-state index contributed by atoms with van der Waals surface area (Å²) in [6.07, 6.45) is 8.23. The molecule has 1 aliphatic carbocycles. The van der Waals surface area contributed by atoms with Crippen molar-refractivity contribution in [2.24, 2.45) is 5.41 Å². The number of nitrogens with zero attached hydrogens (tertiary/aromatic N) is 1. The van der Waals surface area contributed by atoms with Gasteiger partial charge >= 0.3 is 0 Å². The van der Waals surface area contributed by atoms with E-state index in [4.69, 9.17) is 0 Å². The number of benzene rings is 1. The molecule has 1 aliphatic heterocycles. The molecule has 3 rings (SSSR count). The van der Waals surface area contributed by atoms with E-state index in [0.29, 0.717) is 5.41 Å². The second-order valence-corrected chi connectivity index (χ2v) is 6.27. The van der Waals surface area contributed by atoms with Crippen molar-refractivity contribution < 1.29 is 9.50 Å². The third kappa shape index (κ3) is 2.76. The van der Waals surface area contributed by atoms with Gasteiger partial charge in [-0.1, -0.05) is 18.9 Å². The monoisotopic (exact) mass is 263 g/mol. The third-order valence-electron chi connectivity index (χ3n) is 5.00. The minimum Gasteiger partial charge on any atom is -0.505 e. The van der Waals surface area contributed by atoms with Crippen LogP contribution in [0.25, 0.3) is 0 Å². The van der Waals surface area contributed by atoms with Gasteiger partial charge in [-0.25, -0.2) is 4.39 Å². The second-order valence-electron chi connectivity index (χ2n) is 6.27. The summed E-state index contributed by atoms with van der Waals surface area (Å²) in [6, 6.07) is 4.72. The highest BCUT2D eigenvalue weighted by Gasteiger charge is 2.36. The fraction of sp³-hybridized carbons (Fsp3) is 0.625. The molecule has 1 N–H and O–H groups in total. The van der Waals surface area contributed by atoms with E-state index in [1.807, 2.05) is 6.07 Å². The van der Waals surface area contributed by atoms with Crippen LogP contribution in [0.2, 0.25) is 0 Å². The van der Waals surface area contributed by atoms with Gasteiger partial charge in [0.15, 0.2) is 11.6 Å². The molecule has 1 spiro atoms. The van der Waals surface area contributed by atoms with Gasteiger partial charge in [0.05, 0.1) is 0 Å². The lowest BCUT2D eigenvalue weighted by Crippen LogP contribution is -2.38. The summed E-state index contributed by atoms with van der Waals surface area (Å²) in [5.74, 6) is -0.769. The van der Waals surface area contributed by atoms with Gasteiger partial charge in [-0.15, -0.1) is 0 Å². The third-order valence-corrected chi connectivity index (χ3v) is 5.00. The minimum atomic E-state index is -0.512. The Morgan fingerprint density at radius 3 is 2.42 bits per heavy atom. The fourth-order valence-corrected chi connectivity index (χ4v) is 3.72. The number of phenols is 1. The van der Waals surface area contributed by atoms with Crippen LogP contribution in [-0.2, 0) is 6.54 Å². The SMILES string of the molecule is Oc1ccc(CN2CCC3(CCCC3)CC2)cc1F. The molecule has 0 aromatic heterocycles. The average Bonchev–Trinajstić information content (AvgIpc) is 2.86. The molecule has 3 heteroatoms. The predicted octanol–water partition coefficient (Wildman–Crippen LogP) is 3.69. The van der Waals surface area contributed by atoms with Crippen molar-refractivity contribution in [1.82, 2.24) is 4.90 Å². The minimum absolute atomic E-state index is 0.257. The maximum atomic E-state index is 13.3. The molecular formula is C16H22FNO. The van der Waals surface area contributed by atoms with Crippen LogP contribution in [0.5, 0.6) is 5.75 Å². The molecule has 0 atom stereocenters. The average molecular weight is 263 g/mol. The van der Waals surface area contributed by atoms with Gasteiger partial charge in [-0.05, 0) is 61.9 Å². The van der Waals surface area contributed by atoms with Gasteiger partial charge in [0.25, 0.3) is 0 Å². The zero-order valence-corrected chi connectivity index (χ0v) is 11.4. The van der Waals surface area contributed by atoms with Crippen molar-refractivity contribution in [1.29, 1.82) is 0 Å². The van der Waals surface area contributed by atoms with E-state index in [1.165, 1.54) is 50.7 Å².